The van der Waals surface area contributed by atoms with Gasteiger partial charge in [0.15, 0.2) is 0 Å². The van der Waals surface area contributed by atoms with Crippen LogP contribution in [0.4, 0.5) is 10.1 Å². The average molecular weight is 244 g/mol. The van der Waals surface area contributed by atoms with Crippen LogP contribution in [0.1, 0.15) is 34.6 Å². The van der Waals surface area contributed by atoms with Crippen molar-refractivity contribution in [3.8, 4) is 0 Å². The van der Waals surface area contributed by atoms with Gasteiger partial charge in [0.25, 0.3) is 0 Å². The zero-order valence-electron chi connectivity index (χ0n) is 10.5. The molecule has 0 aliphatic rings. The molecule has 1 aromatic rings. The van der Waals surface area contributed by atoms with Crippen molar-refractivity contribution in [3.05, 3.63) is 29.0 Å². The third-order valence-corrected chi connectivity index (χ3v) is 2.71. The van der Waals surface area contributed by atoms with E-state index in [1.165, 1.54) is 6.07 Å². The van der Waals surface area contributed by atoms with Gasteiger partial charge >= 0.3 is 0 Å². The highest BCUT2D eigenvalue weighted by atomic mass is 35.5. The second-order valence-corrected chi connectivity index (χ2v) is 5.64. The van der Waals surface area contributed by atoms with Crippen LogP contribution in [-0.2, 0) is 0 Å². The van der Waals surface area contributed by atoms with Crippen LogP contribution < -0.4 is 4.90 Å². The summed E-state index contributed by atoms with van der Waals surface area (Å²) in [7, 11) is 0. The second kappa shape index (κ2) is 4.62. The van der Waals surface area contributed by atoms with Crippen molar-refractivity contribution in [3.63, 3.8) is 0 Å². The molecule has 0 heterocycles. The normalized spacial score (nSPS) is 12.0. The summed E-state index contributed by atoms with van der Waals surface area (Å²) in [6.45, 7) is 10.6. The number of hydrogen-bond donors (Lipinski definition) is 0. The molecule has 1 aromatic carbocycles. The monoisotopic (exact) mass is 243 g/mol. The fourth-order valence-corrected chi connectivity index (χ4v) is 2.27. The van der Waals surface area contributed by atoms with Gasteiger partial charge in [0.05, 0.1) is 5.02 Å². The zero-order valence-corrected chi connectivity index (χ0v) is 11.3. The summed E-state index contributed by atoms with van der Waals surface area (Å²) in [6, 6.07) is 5.20. The summed E-state index contributed by atoms with van der Waals surface area (Å²) in [5.41, 5.74) is 0.934. The van der Waals surface area contributed by atoms with E-state index in [1.54, 1.807) is 12.1 Å². The molecule has 0 amide bonds. The molecule has 1 rings (SSSR count). The number of rotatable bonds is 2. The molecule has 0 radical (unpaired) electrons. The first kappa shape index (κ1) is 13.3. The van der Waals surface area contributed by atoms with Crippen molar-refractivity contribution in [1.29, 1.82) is 0 Å². The molecular weight excluding hydrogens is 225 g/mol. The molecule has 0 atom stereocenters. The lowest BCUT2D eigenvalue weighted by atomic mass is 10.0. The van der Waals surface area contributed by atoms with E-state index in [9.17, 15) is 4.39 Å². The highest BCUT2D eigenvalue weighted by Crippen LogP contribution is 2.29. The molecule has 90 valence electrons. The molecule has 0 saturated carbocycles. The third-order valence-electron chi connectivity index (χ3n) is 2.42. The molecule has 0 aliphatic heterocycles. The maximum Gasteiger partial charge on any atom is 0.141 e. The van der Waals surface area contributed by atoms with Crippen LogP contribution in [0.3, 0.4) is 0 Å². The molecule has 0 aliphatic carbocycles. The molecule has 0 aromatic heterocycles. The zero-order chi connectivity index (χ0) is 12.5. The Labute approximate surface area is 102 Å². The van der Waals surface area contributed by atoms with Crippen molar-refractivity contribution in [2.45, 2.75) is 46.2 Å². The van der Waals surface area contributed by atoms with E-state index < -0.39 is 0 Å². The average Bonchev–Trinajstić information content (AvgIpc) is 2.08. The quantitative estimate of drug-likeness (QED) is 0.740. The molecule has 0 N–H and O–H groups in total. The molecule has 0 spiro atoms. The second-order valence-electron chi connectivity index (χ2n) is 5.23. The van der Waals surface area contributed by atoms with Crippen LogP contribution in [0, 0.1) is 5.82 Å². The van der Waals surface area contributed by atoms with Gasteiger partial charge in [-0.3, -0.25) is 0 Å². The Kier molecular flexibility index (Phi) is 3.84. The van der Waals surface area contributed by atoms with Crippen LogP contribution >= 0.6 is 11.6 Å². The SMILES string of the molecule is CC(C)N(c1ccc(F)c(Cl)c1)C(C)(C)C. The predicted octanol–water partition coefficient (Wildman–Crippen LogP) is 4.49. The van der Waals surface area contributed by atoms with Gasteiger partial charge in [-0.15, -0.1) is 0 Å². The Morgan fingerprint density at radius 1 is 1.25 bits per heavy atom. The summed E-state index contributed by atoms with van der Waals surface area (Å²) >= 11 is 5.81. The van der Waals surface area contributed by atoms with Crippen LogP contribution in [-0.4, -0.2) is 11.6 Å². The van der Waals surface area contributed by atoms with Crippen LogP contribution in [0.5, 0.6) is 0 Å². The van der Waals surface area contributed by atoms with E-state index in [4.69, 9.17) is 11.6 Å². The van der Waals surface area contributed by atoms with Crippen molar-refractivity contribution >= 4 is 17.3 Å². The van der Waals surface area contributed by atoms with Crippen molar-refractivity contribution in [2.75, 3.05) is 4.90 Å². The van der Waals surface area contributed by atoms with Gasteiger partial charge in [-0.05, 0) is 52.8 Å². The van der Waals surface area contributed by atoms with Crippen molar-refractivity contribution in [1.82, 2.24) is 0 Å². The highest BCUT2D eigenvalue weighted by molar-refractivity contribution is 6.31. The minimum absolute atomic E-state index is 0.0185. The van der Waals surface area contributed by atoms with Gasteiger partial charge in [0, 0.05) is 17.3 Å². The van der Waals surface area contributed by atoms with Crippen molar-refractivity contribution in [2.24, 2.45) is 0 Å². The first-order valence-electron chi connectivity index (χ1n) is 5.48. The number of benzene rings is 1. The third kappa shape index (κ3) is 2.88. The molecule has 0 bridgehead atoms. The lowest BCUT2D eigenvalue weighted by Crippen LogP contribution is -2.46. The summed E-state index contributed by atoms with van der Waals surface area (Å²) in [5, 5.41) is 0.174. The number of anilines is 1. The Balaban J connectivity index is 3.17. The lowest BCUT2D eigenvalue weighted by molar-refractivity contribution is 0.465. The maximum absolute atomic E-state index is 13.1. The summed E-state index contributed by atoms with van der Waals surface area (Å²) < 4.78 is 13.1. The first-order chi connectivity index (χ1) is 7.23. The topological polar surface area (TPSA) is 3.24 Å². The number of halogens is 2. The van der Waals surface area contributed by atoms with Crippen LogP contribution in [0.15, 0.2) is 18.2 Å². The molecule has 0 saturated heterocycles. The van der Waals surface area contributed by atoms with E-state index in [0.717, 1.165) is 5.69 Å². The van der Waals surface area contributed by atoms with E-state index in [0.29, 0.717) is 6.04 Å². The van der Waals surface area contributed by atoms with Crippen LogP contribution in [0.2, 0.25) is 5.02 Å². The van der Waals surface area contributed by atoms with E-state index in [2.05, 4.69) is 39.5 Å². The Morgan fingerprint density at radius 2 is 1.81 bits per heavy atom. The Morgan fingerprint density at radius 3 is 2.19 bits per heavy atom. The van der Waals surface area contributed by atoms with Gasteiger partial charge in [0.2, 0.25) is 0 Å². The molecule has 16 heavy (non-hydrogen) atoms. The van der Waals surface area contributed by atoms with Gasteiger partial charge in [-0.25, -0.2) is 4.39 Å². The molecule has 1 nitrogen and oxygen atoms in total. The Hall–Kier alpha value is -0.760. The van der Waals surface area contributed by atoms with E-state index in [-0.39, 0.29) is 16.4 Å². The minimum atomic E-state index is -0.372. The van der Waals surface area contributed by atoms with Gasteiger partial charge < -0.3 is 4.90 Å². The molecular formula is C13H19ClFN. The van der Waals surface area contributed by atoms with Crippen LogP contribution in [0.25, 0.3) is 0 Å². The van der Waals surface area contributed by atoms with Crippen molar-refractivity contribution < 1.29 is 4.39 Å². The minimum Gasteiger partial charge on any atom is -0.364 e. The predicted molar refractivity (Wildman–Crippen MR) is 68.8 cm³/mol. The number of nitrogens with zero attached hydrogens (tertiary/aromatic N) is 1. The summed E-state index contributed by atoms with van der Waals surface area (Å²) in [4.78, 5) is 2.22. The van der Waals surface area contributed by atoms with Gasteiger partial charge in [-0.1, -0.05) is 11.6 Å². The van der Waals surface area contributed by atoms with Gasteiger partial charge in [0.1, 0.15) is 5.82 Å². The molecule has 0 fully saturated rings. The largest absolute Gasteiger partial charge is 0.364 e. The van der Waals surface area contributed by atoms with E-state index in [1.807, 2.05) is 0 Å². The summed E-state index contributed by atoms with van der Waals surface area (Å²) in [6.07, 6.45) is 0. The smallest absolute Gasteiger partial charge is 0.141 e. The molecule has 3 heteroatoms. The van der Waals surface area contributed by atoms with Gasteiger partial charge in [-0.2, -0.15) is 0 Å². The maximum atomic E-state index is 13.1. The molecule has 0 unspecified atom stereocenters. The lowest BCUT2D eigenvalue weighted by Gasteiger charge is -2.41. The highest BCUT2D eigenvalue weighted by Gasteiger charge is 2.24. The fraction of sp³-hybridized carbons (Fsp3) is 0.538. The Bertz CT molecular complexity index is 369. The first-order valence-corrected chi connectivity index (χ1v) is 5.85. The standard InChI is InChI=1S/C13H19ClFN/c1-9(2)16(13(3,4)5)10-6-7-12(15)11(14)8-10/h6-9H,1-5H3. The summed E-state index contributed by atoms with van der Waals surface area (Å²) in [5.74, 6) is -0.372. The fourth-order valence-electron chi connectivity index (χ4n) is 2.09. The van der Waals surface area contributed by atoms with E-state index >= 15 is 0 Å². The number of hydrogen-bond acceptors (Lipinski definition) is 1.